The fraction of sp³-hybridized carbons (Fsp3) is 0.500. The molecule has 1 unspecified atom stereocenters. The van der Waals surface area contributed by atoms with Crippen LogP contribution in [0.2, 0.25) is 0 Å². The van der Waals surface area contributed by atoms with E-state index in [0.29, 0.717) is 5.91 Å². The molecule has 3 heterocycles. The van der Waals surface area contributed by atoms with Crippen LogP contribution in [-0.2, 0) is 17.9 Å². The molecule has 1 aromatic carbocycles. The van der Waals surface area contributed by atoms with Crippen molar-refractivity contribution in [3.8, 4) is 0 Å². The number of aryl methyl sites for hydroxylation is 1. The Morgan fingerprint density at radius 3 is 2.96 bits per heavy atom. The van der Waals surface area contributed by atoms with E-state index < -0.39 is 0 Å². The number of rotatable bonds is 4. The van der Waals surface area contributed by atoms with Crippen LogP contribution in [0.4, 0.5) is 0 Å². The molecule has 2 saturated heterocycles. The maximum Gasteiger partial charge on any atom is 0.230 e. The first-order valence-corrected chi connectivity index (χ1v) is 9.20. The summed E-state index contributed by atoms with van der Waals surface area (Å²) in [4.78, 5) is 25.2. The van der Waals surface area contributed by atoms with Crippen LogP contribution in [0.15, 0.2) is 36.7 Å². The molecule has 1 aromatic heterocycles. The SMILES string of the molecule is Cc1cccc(CN2CCCC3(CCN(Cc4ncc[nH]4)C3)C2=O)c1. The van der Waals surface area contributed by atoms with Crippen molar-refractivity contribution in [1.82, 2.24) is 19.8 Å². The Morgan fingerprint density at radius 2 is 2.16 bits per heavy atom. The van der Waals surface area contributed by atoms with Crippen LogP contribution >= 0.6 is 0 Å². The molecular weight excluding hydrogens is 312 g/mol. The van der Waals surface area contributed by atoms with Crippen LogP contribution in [0.25, 0.3) is 0 Å². The molecule has 1 spiro atoms. The van der Waals surface area contributed by atoms with Crippen molar-refractivity contribution in [3.05, 3.63) is 53.6 Å². The lowest BCUT2D eigenvalue weighted by molar-refractivity contribution is -0.146. The number of H-pyrrole nitrogens is 1. The number of benzene rings is 1. The van der Waals surface area contributed by atoms with Gasteiger partial charge in [0, 0.05) is 32.0 Å². The van der Waals surface area contributed by atoms with E-state index in [1.54, 1.807) is 6.20 Å². The van der Waals surface area contributed by atoms with Crippen LogP contribution in [-0.4, -0.2) is 45.3 Å². The summed E-state index contributed by atoms with van der Waals surface area (Å²) in [6, 6.07) is 8.49. The van der Waals surface area contributed by atoms with Crippen molar-refractivity contribution in [1.29, 1.82) is 0 Å². The Hall–Kier alpha value is -2.14. The minimum absolute atomic E-state index is 0.186. The van der Waals surface area contributed by atoms with Crippen LogP contribution in [0.5, 0.6) is 0 Å². The summed E-state index contributed by atoms with van der Waals surface area (Å²) in [6.07, 6.45) is 6.74. The van der Waals surface area contributed by atoms with Gasteiger partial charge in [-0.05, 0) is 38.3 Å². The Bertz CT molecular complexity index is 742. The molecule has 2 fully saturated rings. The van der Waals surface area contributed by atoms with Crippen LogP contribution in [0, 0.1) is 12.3 Å². The number of imidazole rings is 1. The molecule has 1 atom stereocenters. The van der Waals surface area contributed by atoms with E-state index in [9.17, 15) is 4.79 Å². The van der Waals surface area contributed by atoms with Gasteiger partial charge in [0.2, 0.25) is 5.91 Å². The van der Waals surface area contributed by atoms with Crippen LogP contribution in [0.1, 0.15) is 36.2 Å². The molecule has 5 heteroatoms. The fourth-order valence-electron chi connectivity index (χ4n) is 4.40. The third-order valence-electron chi connectivity index (χ3n) is 5.64. The number of aromatic nitrogens is 2. The number of piperidine rings is 1. The monoisotopic (exact) mass is 338 g/mol. The smallest absolute Gasteiger partial charge is 0.230 e. The molecule has 0 bridgehead atoms. The maximum atomic E-state index is 13.3. The van der Waals surface area contributed by atoms with Gasteiger partial charge in [-0.25, -0.2) is 4.98 Å². The van der Waals surface area contributed by atoms with Gasteiger partial charge in [0.05, 0.1) is 12.0 Å². The van der Waals surface area contributed by atoms with Crippen molar-refractivity contribution in [3.63, 3.8) is 0 Å². The number of hydrogen-bond donors (Lipinski definition) is 1. The van der Waals surface area contributed by atoms with Gasteiger partial charge in [-0.2, -0.15) is 0 Å². The van der Waals surface area contributed by atoms with E-state index >= 15 is 0 Å². The molecule has 1 N–H and O–H groups in total. The second-order valence-electron chi connectivity index (χ2n) is 7.60. The lowest BCUT2D eigenvalue weighted by Crippen LogP contribution is -2.49. The summed E-state index contributed by atoms with van der Waals surface area (Å²) < 4.78 is 0. The first kappa shape index (κ1) is 16.3. The number of nitrogens with one attached hydrogen (secondary N) is 1. The number of carbonyl (C=O) groups is 1. The molecule has 2 aliphatic rings. The zero-order chi connectivity index (χ0) is 17.3. The number of likely N-dealkylation sites (tertiary alicyclic amines) is 2. The summed E-state index contributed by atoms with van der Waals surface area (Å²) in [6.45, 7) is 6.36. The zero-order valence-electron chi connectivity index (χ0n) is 14.9. The van der Waals surface area contributed by atoms with Gasteiger partial charge in [0.1, 0.15) is 5.82 Å². The molecule has 0 saturated carbocycles. The number of carbonyl (C=O) groups excluding carboxylic acids is 1. The van der Waals surface area contributed by atoms with E-state index in [1.165, 1.54) is 11.1 Å². The summed E-state index contributed by atoms with van der Waals surface area (Å²) in [5.41, 5.74) is 2.30. The maximum absolute atomic E-state index is 13.3. The van der Waals surface area contributed by atoms with Gasteiger partial charge >= 0.3 is 0 Å². The normalized spacial score (nSPS) is 24.4. The molecule has 132 valence electrons. The topological polar surface area (TPSA) is 52.2 Å². The summed E-state index contributed by atoms with van der Waals surface area (Å²) in [5.74, 6) is 1.33. The molecule has 5 nitrogen and oxygen atoms in total. The minimum atomic E-state index is -0.186. The molecule has 4 rings (SSSR count). The first-order valence-electron chi connectivity index (χ1n) is 9.20. The number of hydrogen-bond acceptors (Lipinski definition) is 3. The Balaban J connectivity index is 1.44. The van der Waals surface area contributed by atoms with Crippen molar-refractivity contribution in [2.45, 2.75) is 39.3 Å². The molecule has 1 amide bonds. The summed E-state index contributed by atoms with van der Waals surface area (Å²) in [5, 5.41) is 0. The summed E-state index contributed by atoms with van der Waals surface area (Å²) >= 11 is 0. The highest BCUT2D eigenvalue weighted by molar-refractivity contribution is 5.84. The van der Waals surface area contributed by atoms with Crippen LogP contribution in [0.3, 0.4) is 0 Å². The highest BCUT2D eigenvalue weighted by atomic mass is 16.2. The third-order valence-corrected chi connectivity index (χ3v) is 5.64. The van der Waals surface area contributed by atoms with Crippen molar-refractivity contribution in [2.75, 3.05) is 19.6 Å². The molecule has 0 aliphatic carbocycles. The highest BCUT2D eigenvalue weighted by Crippen LogP contribution is 2.40. The minimum Gasteiger partial charge on any atom is -0.348 e. The van der Waals surface area contributed by atoms with Crippen LogP contribution < -0.4 is 0 Å². The standard InChI is InChI=1S/C20H26N4O/c1-16-4-2-5-17(12-16)13-24-10-3-6-20(19(24)25)7-11-23(15-20)14-18-21-8-9-22-18/h2,4-5,8-9,12H,3,6-7,10-11,13-15H2,1H3,(H,21,22). The molecule has 25 heavy (non-hydrogen) atoms. The Labute approximate surface area is 149 Å². The van der Waals surface area contributed by atoms with Crippen molar-refractivity contribution < 1.29 is 4.79 Å². The second kappa shape index (κ2) is 6.64. The predicted molar refractivity (Wildman–Crippen MR) is 96.7 cm³/mol. The van der Waals surface area contributed by atoms with Crippen molar-refractivity contribution >= 4 is 5.91 Å². The van der Waals surface area contributed by atoms with Gasteiger partial charge < -0.3 is 9.88 Å². The zero-order valence-corrected chi connectivity index (χ0v) is 14.9. The first-order chi connectivity index (χ1) is 12.1. The molecule has 2 aliphatic heterocycles. The van der Waals surface area contributed by atoms with E-state index in [4.69, 9.17) is 0 Å². The quantitative estimate of drug-likeness (QED) is 0.933. The Morgan fingerprint density at radius 1 is 1.24 bits per heavy atom. The van der Waals surface area contributed by atoms with Gasteiger partial charge in [-0.15, -0.1) is 0 Å². The fourth-order valence-corrected chi connectivity index (χ4v) is 4.40. The second-order valence-corrected chi connectivity index (χ2v) is 7.60. The highest BCUT2D eigenvalue weighted by Gasteiger charge is 2.48. The van der Waals surface area contributed by atoms with Gasteiger partial charge in [0.25, 0.3) is 0 Å². The largest absolute Gasteiger partial charge is 0.348 e. The number of aromatic amines is 1. The molecule has 0 radical (unpaired) electrons. The van der Waals surface area contributed by atoms with E-state index in [1.807, 2.05) is 6.20 Å². The average molecular weight is 338 g/mol. The Kier molecular flexibility index (Phi) is 4.34. The average Bonchev–Trinajstić information content (AvgIpc) is 3.24. The lowest BCUT2D eigenvalue weighted by Gasteiger charge is -2.39. The van der Waals surface area contributed by atoms with E-state index in [2.05, 4.69) is 51.0 Å². The summed E-state index contributed by atoms with van der Waals surface area (Å²) in [7, 11) is 0. The molecule has 2 aromatic rings. The number of nitrogens with zero attached hydrogens (tertiary/aromatic N) is 3. The molecular formula is C20H26N4O. The van der Waals surface area contributed by atoms with Gasteiger partial charge in [0.15, 0.2) is 0 Å². The van der Waals surface area contributed by atoms with Crippen molar-refractivity contribution in [2.24, 2.45) is 5.41 Å². The lowest BCUT2D eigenvalue weighted by atomic mass is 9.78. The number of amides is 1. The van der Waals surface area contributed by atoms with E-state index in [-0.39, 0.29) is 5.41 Å². The van der Waals surface area contributed by atoms with E-state index in [0.717, 1.165) is 57.8 Å². The predicted octanol–water partition coefficient (Wildman–Crippen LogP) is 2.73. The third kappa shape index (κ3) is 3.33. The van der Waals surface area contributed by atoms with Gasteiger partial charge in [-0.3, -0.25) is 9.69 Å². The van der Waals surface area contributed by atoms with Gasteiger partial charge in [-0.1, -0.05) is 29.8 Å².